The van der Waals surface area contributed by atoms with E-state index < -0.39 is 16.2 Å². The van der Waals surface area contributed by atoms with Gasteiger partial charge in [-0.25, -0.2) is 14.4 Å². The first kappa shape index (κ1) is 21.4. The van der Waals surface area contributed by atoms with Gasteiger partial charge in [0, 0.05) is 30.5 Å². The molecule has 8 nitrogen and oxygen atoms in total. The lowest BCUT2D eigenvalue weighted by molar-refractivity contribution is 0.297. The van der Waals surface area contributed by atoms with Gasteiger partial charge in [-0.15, -0.1) is 0 Å². The van der Waals surface area contributed by atoms with E-state index in [1.165, 1.54) is 0 Å². The minimum atomic E-state index is -3.51. The van der Waals surface area contributed by atoms with Crippen molar-refractivity contribution in [2.24, 2.45) is 0 Å². The molecule has 154 valence electrons. The van der Waals surface area contributed by atoms with Gasteiger partial charge in [0.1, 0.15) is 29.0 Å². The second-order valence-electron chi connectivity index (χ2n) is 6.76. The van der Waals surface area contributed by atoms with Crippen LogP contribution in [0.15, 0.2) is 29.6 Å². The fraction of sp³-hybridized carbons (Fsp3) is 0.333. The summed E-state index contributed by atoms with van der Waals surface area (Å²) in [5.41, 5.74) is 2.94. The summed E-state index contributed by atoms with van der Waals surface area (Å²) in [6.07, 6.45) is 2.04. The van der Waals surface area contributed by atoms with E-state index in [1.807, 2.05) is 11.9 Å². The highest BCUT2D eigenvalue weighted by Gasteiger charge is 2.36. The van der Waals surface area contributed by atoms with Crippen LogP contribution in [0, 0.1) is 11.8 Å². The highest BCUT2D eigenvalue weighted by molar-refractivity contribution is 7.85. The number of allylic oxidation sites excluding steroid dienone is 1. The Morgan fingerprint density at radius 3 is 2.67 bits per heavy atom. The number of carbonyl (C=O) groups excluding carboxylic acids is 3. The smallest absolute Gasteiger partial charge is 0.264 e. The van der Waals surface area contributed by atoms with Crippen LogP contribution < -0.4 is 5.32 Å². The van der Waals surface area contributed by atoms with Crippen molar-refractivity contribution in [2.75, 3.05) is 12.9 Å². The third-order valence-corrected chi connectivity index (χ3v) is 5.38. The Morgan fingerprint density at radius 1 is 1.20 bits per heavy atom. The highest BCUT2D eigenvalue weighted by Crippen LogP contribution is 2.37. The fourth-order valence-corrected chi connectivity index (χ4v) is 3.88. The van der Waals surface area contributed by atoms with Gasteiger partial charge in [-0.2, -0.15) is 8.42 Å². The van der Waals surface area contributed by atoms with Crippen LogP contribution in [0.2, 0.25) is 0 Å². The van der Waals surface area contributed by atoms with Crippen molar-refractivity contribution in [3.63, 3.8) is 0 Å². The molecule has 30 heavy (non-hydrogen) atoms. The molecule has 1 aromatic rings. The Hall–Kier alpha value is -3.36. The number of hydrogen-bond donors (Lipinski definition) is 1. The molecule has 0 aliphatic carbocycles. The normalized spacial score (nSPS) is 17.8. The molecule has 1 atom stereocenters. The number of piperidine rings is 1. The summed E-state index contributed by atoms with van der Waals surface area (Å²) in [7, 11) is -3.51. The van der Waals surface area contributed by atoms with Crippen LogP contribution in [0.5, 0.6) is 0 Å². The van der Waals surface area contributed by atoms with Gasteiger partial charge < -0.3 is 10.2 Å². The summed E-state index contributed by atoms with van der Waals surface area (Å²) in [5.74, 6) is 11.4. The maximum absolute atomic E-state index is 11.7. The molecule has 2 aliphatic heterocycles. The van der Waals surface area contributed by atoms with E-state index in [4.69, 9.17) is 0 Å². The predicted octanol–water partition coefficient (Wildman–Crippen LogP) is 0.576. The predicted molar refractivity (Wildman–Crippen MR) is 108 cm³/mol. The van der Waals surface area contributed by atoms with E-state index in [-0.39, 0.29) is 24.4 Å². The molecule has 1 unspecified atom stereocenters. The summed E-state index contributed by atoms with van der Waals surface area (Å²) in [6, 6.07) is 4.90. The Morgan fingerprint density at radius 2 is 2.00 bits per heavy atom. The Kier molecular flexibility index (Phi) is 6.39. The molecule has 0 bridgehead atoms. The number of nitrogens with one attached hydrogen (secondary N) is 1. The molecular weight excluding hydrogens is 408 g/mol. The maximum Gasteiger partial charge on any atom is 0.264 e. The van der Waals surface area contributed by atoms with Crippen molar-refractivity contribution in [1.82, 2.24) is 10.2 Å². The lowest BCUT2D eigenvalue weighted by Gasteiger charge is -2.33. The Balaban J connectivity index is 1.85. The summed E-state index contributed by atoms with van der Waals surface area (Å²) >= 11 is 0. The van der Waals surface area contributed by atoms with Gasteiger partial charge in [0.25, 0.3) is 10.1 Å². The van der Waals surface area contributed by atoms with Crippen molar-refractivity contribution in [1.29, 1.82) is 0 Å². The lowest BCUT2D eigenvalue weighted by atomic mass is 10.0. The fourth-order valence-electron chi connectivity index (χ4n) is 3.50. The lowest BCUT2D eigenvalue weighted by Crippen LogP contribution is -2.41. The zero-order valence-electron chi connectivity index (χ0n) is 16.1. The molecule has 1 saturated heterocycles. The van der Waals surface area contributed by atoms with Crippen molar-refractivity contribution >= 4 is 33.6 Å². The molecule has 2 aliphatic rings. The van der Waals surface area contributed by atoms with E-state index in [0.717, 1.165) is 11.8 Å². The van der Waals surface area contributed by atoms with Gasteiger partial charge in [0.15, 0.2) is 5.94 Å². The van der Waals surface area contributed by atoms with E-state index >= 15 is 0 Å². The van der Waals surface area contributed by atoms with Gasteiger partial charge in [-0.05, 0) is 18.1 Å². The quantitative estimate of drug-likeness (QED) is 0.322. The molecule has 2 heterocycles. The van der Waals surface area contributed by atoms with Crippen LogP contribution in [-0.2, 0) is 35.2 Å². The minimum absolute atomic E-state index is 0.0414. The second kappa shape index (κ2) is 8.98. The first-order valence-electron chi connectivity index (χ1n) is 9.11. The molecule has 1 N–H and O–H groups in total. The standard InChI is InChI=1S/C21H18N2O6S/c1-30(27,28)29-10-3-2-5-15-6-4-7-17-18(15)11-23(21(17)14-26)20-9-8-16(12-24)22-19(20)13-25/h4,6-7,20,22H,3,8-11H2,1H3. The molecule has 0 saturated carbocycles. The van der Waals surface area contributed by atoms with Crippen LogP contribution in [0.3, 0.4) is 0 Å². The van der Waals surface area contributed by atoms with Gasteiger partial charge in [0.05, 0.1) is 18.9 Å². The van der Waals surface area contributed by atoms with Gasteiger partial charge in [-0.1, -0.05) is 24.0 Å². The average Bonchev–Trinajstić information content (AvgIpc) is 3.11. The largest absolute Gasteiger partial charge is 0.348 e. The molecule has 0 amide bonds. The summed E-state index contributed by atoms with van der Waals surface area (Å²) in [5, 5.41) is 2.74. The maximum atomic E-state index is 11.7. The minimum Gasteiger partial charge on any atom is -0.348 e. The Bertz CT molecular complexity index is 1190. The van der Waals surface area contributed by atoms with E-state index in [2.05, 4.69) is 21.3 Å². The van der Waals surface area contributed by atoms with E-state index in [0.29, 0.717) is 36.2 Å². The molecule has 3 rings (SSSR count). The summed E-state index contributed by atoms with van der Waals surface area (Å²) < 4.78 is 26.6. The third-order valence-electron chi connectivity index (χ3n) is 4.79. The van der Waals surface area contributed by atoms with Crippen LogP contribution >= 0.6 is 0 Å². The second-order valence-corrected chi connectivity index (χ2v) is 8.41. The zero-order valence-corrected chi connectivity index (χ0v) is 17.0. The third kappa shape index (κ3) is 4.61. The van der Waals surface area contributed by atoms with Crippen molar-refractivity contribution in [3.05, 3.63) is 46.3 Å². The topological polar surface area (TPSA) is 110 Å². The number of hydrogen-bond acceptors (Lipinski definition) is 8. The number of fused-ring (bicyclic) bond motifs is 1. The van der Waals surface area contributed by atoms with Crippen LogP contribution in [-0.4, -0.2) is 50.0 Å². The van der Waals surface area contributed by atoms with E-state index in [1.54, 1.807) is 29.0 Å². The van der Waals surface area contributed by atoms with Gasteiger partial charge in [0.2, 0.25) is 0 Å². The first-order chi connectivity index (χ1) is 14.4. The molecule has 0 aromatic heterocycles. The number of benzene rings is 1. The Labute approximate surface area is 174 Å². The molecule has 9 heteroatoms. The first-order valence-corrected chi connectivity index (χ1v) is 10.9. The molecule has 1 fully saturated rings. The molecule has 1 aromatic carbocycles. The van der Waals surface area contributed by atoms with Gasteiger partial charge >= 0.3 is 0 Å². The summed E-state index contributed by atoms with van der Waals surface area (Å²) in [6.45, 7) is 0.294. The zero-order chi connectivity index (χ0) is 21.7. The number of rotatable bonds is 4. The SMILES string of the molecule is CS(=O)(=O)OCCC#Cc1cccc2c1CN(C1CCC(=C=O)NC1=C=O)C2=C=O. The average molecular weight is 426 g/mol. The monoisotopic (exact) mass is 426 g/mol. The molecular formula is C21H18N2O6S. The highest BCUT2D eigenvalue weighted by atomic mass is 32.2. The van der Waals surface area contributed by atoms with Crippen molar-refractivity contribution in [3.8, 4) is 11.8 Å². The van der Waals surface area contributed by atoms with Crippen LogP contribution in [0.4, 0.5) is 0 Å². The van der Waals surface area contributed by atoms with Crippen molar-refractivity contribution in [2.45, 2.75) is 31.8 Å². The van der Waals surface area contributed by atoms with Crippen LogP contribution in [0.25, 0.3) is 5.70 Å². The molecule has 0 radical (unpaired) electrons. The van der Waals surface area contributed by atoms with Crippen LogP contribution in [0.1, 0.15) is 36.0 Å². The summed E-state index contributed by atoms with van der Waals surface area (Å²) in [4.78, 5) is 35.8. The van der Waals surface area contributed by atoms with E-state index in [9.17, 15) is 22.8 Å². The number of nitrogens with zero attached hydrogens (tertiary/aromatic N) is 1. The van der Waals surface area contributed by atoms with Crippen molar-refractivity contribution < 1.29 is 27.0 Å². The molecule has 0 spiro atoms. The van der Waals surface area contributed by atoms with Gasteiger partial charge in [-0.3, -0.25) is 4.18 Å².